The lowest BCUT2D eigenvalue weighted by Gasteiger charge is -2.35. The molecule has 3 atom stereocenters. The van der Waals surface area contributed by atoms with E-state index in [0.717, 1.165) is 32.2 Å². The topological polar surface area (TPSA) is 75.4 Å². The van der Waals surface area contributed by atoms with Crippen LogP contribution in [0.1, 0.15) is 51.9 Å². The highest BCUT2D eigenvalue weighted by Gasteiger charge is 2.29. The Kier molecular flexibility index (Phi) is 7.46. The maximum absolute atomic E-state index is 12.4. The van der Waals surface area contributed by atoms with Crippen LogP contribution in [0, 0.1) is 5.92 Å². The lowest BCUT2D eigenvalue weighted by Crippen LogP contribution is -2.50. The molecule has 1 aliphatic carbocycles. The van der Waals surface area contributed by atoms with E-state index in [9.17, 15) is 9.59 Å². The van der Waals surface area contributed by atoms with Gasteiger partial charge in [-0.05, 0) is 31.6 Å². The Bertz CT molecular complexity index is 365. The zero-order valence-corrected chi connectivity index (χ0v) is 13.7. The van der Waals surface area contributed by atoms with Crippen LogP contribution in [0.4, 0.5) is 0 Å². The lowest BCUT2D eigenvalue weighted by atomic mass is 9.82. The second-order valence-electron chi connectivity index (χ2n) is 6.29. The highest BCUT2D eigenvalue weighted by molar-refractivity contribution is 5.85. The highest BCUT2D eigenvalue weighted by Crippen LogP contribution is 2.26. The molecule has 3 unspecified atom stereocenters. The van der Waals surface area contributed by atoms with E-state index in [1.165, 1.54) is 19.8 Å². The molecule has 2 amide bonds. The summed E-state index contributed by atoms with van der Waals surface area (Å²) < 4.78 is 0. The molecular weight excluding hydrogens is 290 g/mol. The third-order valence-electron chi connectivity index (χ3n) is 4.59. The van der Waals surface area contributed by atoms with E-state index in [2.05, 4.69) is 5.32 Å². The van der Waals surface area contributed by atoms with E-state index in [0.29, 0.717) is 18.9 Å². The molecule has 2 fully saturated rings. The fourth-order valence-corrected chi connectivity index (χ4v) is 3.45. The van der Waals surface area contributed by atoms with Gasteiger partial charge in [-0.3, -0.25) is 9.59 Å². The fourth-order valence-electron chi connectivity index (χ4n) is 3.45. The molecule has 6 heteroatoms. The summed E-state index contributed by atoms with van der Waals surface area (Å²) in [6, 6.07) is 0.300. The van der Waals surface area contributed by atoms with Crippen molar-refractivity contribution in [3.8, 4) is 0 Å². The minimum Gasteiger partial charge on any atom is -0.352 e. The van der Waals surface area contributed by atoms with E-state index in [-0.39, 0.29) is 36.3 Å². The molecule has 21 heavy (non-hydrogen) atoms. The van der Waals surface area contributed by atoms with E-state index in [1.54, 1.807) is 0 Å². The summed E-state index contributed by atoms with van der Waals surface area (Å²) in [5.74, 6) is 0.540. The van der Waals surface area contributed by atoms with Crippen LogP contribution in [0.2, 0.25) is 0 Å². The van der Waals surface area contributed by atoms with E-state index in [1.807, 2.05) is 4.90 Å². The zero-order valence-electron chi connectivity index (χ0n) is 12.8. The monoisotopic (exact) mass is 317 g/mol. The summed E-state index contributed by atoms with van der Waals surface area (Å²) in [6.45, 7) is 3.00. The van der Waals surface area contributed by atoms with Gasteiger partial charge in [-0.25, -0.2) is 0 Å². The summed E-state index contributed by atoms with van der Waals surface area (Å²) >= 11 is 0. The third kappa shape index (κ3) is 5.47. The number of amides is 2. The normalized spacial score (nSPS) is 29.4. The molecule has 2 aliphatic rings. The number of nitrogens with one attached hydrogen (secondary N) is 1. The van der Waals surface area contributed by atoms with E-state index in [4.69, 9.17) is 5.73 Å². The standard InChI is InChI=1S/C15H27N3O2.ClH/c1-11(19)17-13-6-4-8-18(10-13)15(20)9-12-5-2-3-7-14(12)16;/h12-14H,2-10,16H2,1H3,(H,17,19);1H. The van der Waals surface area contributed by atoms with Crippen LogP contribution in [0.15, 0.2) is 0 Å². The molecule has 5 nitrogen and oxygen atoms in total. The van der Waals surface area contributed by atoms with Crippen molar-refractivity contribution in [2.75, 3.05) is 13.1 Å². The van der Waals surface area contributed by atoms with Gasteiger partial charge in [-0.2, -0.15) is 0 Å². The quantitative estimate of drug-likeness (QED) is 0.827. The molecule has 0 aromatic heterocycles. The molecule has 0 spiro atoms. The molecule has 0 radical (unpaired) electrons. The van der Waals surface area contributed by atoms with Gasteiger partial charge in [-0.15, -0.1) is 12.4 Å². The van der Waals surface area contributed by atoms with Gasteiger partial charge in [0.1, 0.15) is 0 Å². The first-order chi connectivity index (χ1) is 9.56. The van der Waals surface area contributed by atoms with Crippen LogP contribution in [0.5, 0.6) is 0 Å². The predicted molar refractivity (Wildman–Crippen MR) is 85.2 cm³/mol. The fraction of sp³-hybridized carbons (Fsp3) is 0.867. The van der Waals surface area contributed by atoms with Crippen molar-refractivity contribution in [1.29, 1.82) is 0 Å². The number of piperidine rings is 1. The SMILES string of the molecule is CC(=O)NC1CCCN(C(=O)CC2CCCCC2N)C1.Cl. The van der Waals surface area contributed by atoms with Crippen LogP contribution in [-0.4, -0.2) is 41.9 Å². The zero-order chi connectivity index (χ0) is 14.5. The average molecular weight is 318 g/mol. The Morgan fingerprint density at radius 3 is 2.57 bits per heavy atom. The summed E-state index contributed by atoms with van der Waals surface area (Å²) in [5.41, 5.74) is 6.12. The smallest absolute Gasteiger partial charge is 0.222 e. The van der Waals surface area contributed by atoms with Crippen molar-refractivity contribution >= 4 is 24.2 Å². The largest absolute Gasteiger partial charge is 0.352 e. The molecular formula is C15H28ClN3O2. The van der Waals surface area contributed by atoms with Crippen LogP contribution < -0.4 is 11.1 Å². The van der Waals surface area contributed by atoms with Gasteiger partial charge in [0.2, 0.25) is 11.8 Å². The Morgan fingerprint density at radius 2 is 1.90 bits per heavy atom. The molecule has 3 N–H and O–H groups in total. The minimum absolute atomic E-state index is 0. The first-order valence-electron chi connectivity index (χ1n) is 7.86. The van der Waals surface area contributed by atoms with Crippen molar-refractivity contribution in [1.82, 2.24) is 10.2 Å². The summed E-state index contributed by atoms with van der Waals surface area (Å²) in [4.78, 5) is 25.4. The summed E-state index contributed by atoms with van der Waals surface area (Å²) in [6.07, 6.45) is 7.02. The van der Waals surface area contributed by atoms with Crippen molar-refractivity contribution in [2.45, 2.75) is 64.0 Å². The molecule has 0 aromatic rings. The molecule has 1 heterocycles. The van der Waals surface area contributed by atoms with Crippen molar-refractivity contribution in [3.05, 3.63) is 0 Å². The van der Waals surface area contributed by atoms with E-state index >= 15 is 0 Å². The van der Waals surface area contributed by atoms with Crippen LogP contribution >= 0.6 is 12.4 Å². The first kappa shape index (κ1) is 18.2. The number of hydrogen-bond acceptors (Lipinski definition) is 3. The molecule has 122 valence electrons. The van der Waals surface area contributed by atoms with Gasteiger partial charge < -0.3 is 16.0 Å². The van der Waals surface area contributed by atoms with Crippen molar-refractivity contribution in [2.24, 2.45) is 11.7 Å². The number of halogens is 1. The second kappa shape index (κ2) is 8.59. The maximum atomic E-state index is 12.4. The van der Waals surface area contributed by atoms with E-state index < -0.39 is 0 Å². The van der Waals surface area contributed by atoms with Gasteiger partial charge in [0, 0.05) is 38.5 Å². The average Bonchev–Trinajstić information content (AvgIpc) is 2.41. The third-order valence-corrected chi connectivity index (χ3v) is 4.59. The minimum atomic E-state index is -0.0152. The van der Waals surface area contributed by atoms with Gasteiger partial charge in [0.05, 0.1) is 0 Å². The highest BCUT2D eigenvalue weighted by atomic mass is 35.5. The number of carbonyl (C=O) groups excluding carboxylic acids is 2. The second-order valence-corrected chi connectivity index (χ2v) is 6.29. The molecule has 0 aromatic carbocycles. The Hall–Kier alpha value is -0.810. The summed E-state index contributed by atoms with van der Waals surface area (Å²) in [5, 5.41) is 2.92. The Morgan fingerprint density at radius 1 is 1.19 bits per heavy atom. The van der Waals surface area contributed by atoms with Gasteiger partial charge in [-0.1, -0.05) is 12.8 Å². The number of likely N-dealkylation sites (tertiary alicyclic amines) is 1. The number of rotatable bonds is 3. The predicted octanol–water partition coefficient (Wildman–Crippen LogP) is 1.44. The van der Waals surface area contributed by atoms with Gasteiger partial charge >= 0.3 is 0 Å². The number of nitrogens with two attached hydrogens (primary N) is 1. The molecule has 1 aliphatic heterocycles. The summed E-state index contributed by atoms with van der Waals surface area (Å²) in [7, 11) is 0. The number of nitrogens with zero attached hydrogens (tertiary/aromatic N) is 1. The first-order valence-corrected chi connectivity index (χ1v) is 7.86. The Labute approximate surface area is 133 Å². The van der Waals surface area contributed by atoms with Crippen LogP contribution in [-0.2, 0) is 9.59 Å². The van der Waals surface area contributed by atoms with Crippen molar-refractivity contribution < 1.29 is 9.59 Å². The molecule has 1 saturated carbocycles. The van der Waals surface area contributed by atoms with Gasteiger partial charge in [0.15, 0.2) is 0 Å². The van der Waals surface area contributed by atoms with Crippen molar-refractivity contribution in [3.63, 3.8) is 0 Å². The maximum Gasteiger partial charge on any atom is 0.222 e. The van der Waals surface area contributed by atoms with Crippen LogP contribution in [0.3, 0.4) is 0 Å². The molecule has 0 bridgehead atoms. The van der Waals surface area contributed by atoms with Crippen LogP contribution in [0.25, 0.3) is 0 Å². The van der Waals surface area contributed by atoms with Gasteiger partial charge in [0.25, 0.3) is 0 Å². The number of carbonyl (C=O) groups is 2. The lowest BCUT2D eigenvalue weighted by molar-refractivity contribution is -0.134. The number of hydrogen-bond donors (Lipinski definition) is 2. The molecule has 1 saturated heterocycles. The Balaban J connectivity index is 0.00000220. The molecule has 2 rings (SSSR count).